The predicted octanol–water partition coefficient (Wildman–Crippen LogP) is 4.19. The molecule has 1 unspecified atom stereocenters. The summed E-state index contributed by atoms with van der Waals surface area (Å²) in [6.07, 6.45) is -4.75. The van der Waals surface area contributed by atoms with Gasteiger partial charge in [-0.1, -0.05) is 0 Å². The fourth-order valence-electron chi connectivity index (χ4n) is 1.13. The third-order valence-electron chi connectivity index (χ3n) is 2.37. The van der Waals surface area contributed by atoms with Crippen molar-refractivity contribution in [3.63, 3.8) is 0 Å². The van der Waals surface area contributed by atoms with Crippen LogP contribution < -0.4 is 0 Å². The molecular formula is C10H12F10O2. The van der Waals surface area contributed by atoms with E-state index in [1.165, 1.54) is 0 Å². The van der Waals surface area contributed by atoms with Gasteiger partial charge in [-0.25, -0.2) is 4.39 Å². The van der Waals surface area contributed by atoms with Crippen molar-refractivity contribution in [3.05, 3.63) is 0 Å². The van der Waals surface area contributed by atoms with Crippen molar-refractivity contribution >= 4 is 0 Å². The van der Waals surface area contributed by atoms with Crippen molar-refractivity contribution in [2.75, 3.05) is 19.8 Å². The minimum absolute atomic E-state index is 0.240. The molecule has 0 saturated heterocycles. The lowest BCUT2D eigenvalue weighted by atomic mass is 10.00. The van der Waals surface area contributed by atoms with E-state index >= 15 is 0 Å². The quantitative estimate of drug-likeness (QED) is 0.481. The summed E-state index contributed by atoms with van der Waals surface area (Å²) in [6.45, 7) is -4.94. The second-order valence-electron chi connectivity index (χ2n) is 4.47. The largest absolute Gasteiger partial charge is 0.411 e. The molecule has 0 aliphatic rings. The first-order chi connectivity index (χ1) is 9.46. The first-order valence-electron chi connectivity index (χ1n) is 5.56. The minimum atomic E-state index is -6.09. The maximum atomic E-state index is 13.5. The summed E-state index contributed by atoms with van der Waals surface area (Å²) in [7, 11) is 0. The first-order valence-corrected chi connectivity index (χ1v) is 5.56. The van der Waals surface area contributed by atoms with Gasteiger partial charge in [0.2, 0.25) is 0 Å². The van der Waals surface area contributed by atoms with Crippen LogP contribution in [0.1, 0.15) is 13.8 Å². The number of ether oxygens (including phenoxy) is 2. The average molecular weight is 354 g/mol. The Bertz CT molecular complexity index is 358. The molecule has 0 heterocycles. The molecule has 0 aromatic rings. The molecule has 0 N–H and O–H groups in total. The van der Waals surface area contributed by atoms with Crippen LogP contribution in [0.15, 0.2) is 0 Å². The Morgan fingerprint density at radius 1 is 0.682 bits per heavy atom. The number of alkyl halides is 10. The van der Waals surface area contributed by atoms with Gasteiger partial charge in [-0.3, -0.25) is 0 Å². The van der Waals surface area contributed by atoms with E-state index in [4.69, 9.17) is 0 Å². The zero-order valence-corrected chi connectivity index (χ0v) is 11.2. The van der Waals surface area contributed by atoms with Crippen molar-refractivity contribution in [1.82, 2.24) is 0 Å². The molecule has 0 spiro atoms. The minimum Gasteiger partial charge on any atom is -0.370 e. The zero-order valence-electron chi connectivity index (χ0n) is 11.2. The highest BCUT2D eigenvalue weighted by molar-refractivity contribution is 5.00. The Morgan fingerprint density at radius 2 is 1.14 bits per heavy atom. The molecule has 12 heteroatoms. The Balaban J connectivity index is 4.73. The summed E-state index contributed by atoms with van der Waals surface area (Å²) in [5.74, 6) is -21.9. The van der Waals surface area contributed by atoms with Crippen molar-refractivity contribution in [2.45, 2.75) is 43.6 Å². The second kappa shape index (κ2) is 6.38. The molecule has 2 nitrogen and oxygen atoms in total. The Hall–Kier alpha value is -0.780. The molecule has 22 heavy (non-hydrogen) atoms. The van der Waals surface area contributed by atoms with Gasteiger partial charge in [-0.15, -0.1) is 0 Å². The van der Waals surface area contributed by atoms with E-state index < -0.39 is 56.5 Å². The fourth-order valence-corrected chi connectivity index (χ4v) is 1.13. The maximum absolute atomic E-state index is 13.5. The van der Waals surface area contributed by atoms with E-state index in [1.54, 1.807) is 0 Å². The second-order valence-corrected chi connectivity index (χ2v) is 4.47. The normalized spacial score (nSPS) is 17.5. The molecule has 0 saturated carbocycles. The molecule has 0 aliphatic heterocycles. The van der Waals surface area contributed by atoms with E-state index in [1.807, 2.05) is 0 Å². The third kappa shape index (κ3) is 4.86. The topological polar surface area (TPSA) is 18.5 Å². The Kier molecular flexibility index (Phi) is 6.15. The van der Waals surface area contributed by atoms with Gasteiger partial charge < -0.3 is 9.47 Å². The lowest BCUT2D eigenvalue weighted by Crippen LogP contribution is -2.62. The molecule has 0 aromatic carbocycles. The highest BCUT2D eigenvalue weighted by Gasteiger charge is 2.77. The van der Waals surface area contributed by atoms with Crippen molar-refractivity contribution in [3.8, 4) is 0 Å². The van der Waals surface area contributed by atoms with Gasteiger partial charge in [0.05, 0.1) is 13.2 Å². The summed E-state index contributed by atoms with van der Waals surface area (Å²) in [6, 6.07) is 0. The maximum Gasteiger partial charge on any atom is 0.411 e. The molecule has 0 radical (unpaired) electrons. The van der Waals surface area contributed by atoms with Gasteiger partial charge in [0.1, 0.15) is 6.61 Å². The van der Waals surface area contributed by atoms with E-state index in [2.05, 4.69) is 9.47 Å². The van der Waals surface area contributed by atoms with Gasteiger partial charge in [-0.2, -0.15) is 39.5 Å². The molecule has 0 rings (SSSR count). The zero-order chi connectivity index (χ0) is 18.0. The van der Waals surface area contributed by atoms with E-state index in [9.17, 15) is 43.9 Å². The SMILES string of the molecule is CC(F)(F)C(F)(F)C(F)(F)C(C)(F)OCCOCC(F)(F)F. The molecular weight excluding hydrogens is 342 g/mol. The molecule has 0 aliphatic carbocycles. The highest BCUT2D eigenvalue weighted by atomic mass is 19.4. The van der Waals surface area contributed by atoms with Gasteiger partial charge in [0, 0.05) is 13.8 Å². The van der Waals surface area contributed by atoms with Crippen LogP contribution in [0.2, 0.25) is 0 Å². The monoisotopic (exact) mass is 354 g/mol. The van der Waals surface area contributed by atoms with Crippen molar-refractivity contribution in [2.24, 2.45) is 0 Å². The molecule has 0 bridgehead atoms. The highest BCUT2D eigenvalue weighted by Crippen LogP contribution is 2.51. The van der Waals surface area contributed by atoms with Crippen LogP contribution in [-0.4, -0.2) is 49.6 Å². The lowest BCUT2D eigenvalue weighted by Gasteiger charge is -2.37. The number of rotatable bonds is 8. The van der Waals surface area contributed by atoms with Crippen LogP contribution in [0.5, 0.6) is 0 Å². The number of hydrogen-bond donors (Lipinski definition) is 0. The fraction of sp³-hybridized carbons (Fsp3) is 1.00. The van der Waals surface area contributed by atoms with Gasteiger partial charge in [-0.05, 0) is 0 Å². The summed E-state index contributed by atoms with van der Waals surface area (Å²) in [5, 5.41) is 0. The van der Waals surface area contributed by atoms with E-state index in [-0.39, 0.29) is 6.92 Å². The van der Waals surface area contributed by atoms with Crippen LogP contribution in [0.25, 0.3) is 0 Å². The third-order valence-corrected chi connectivity index (χ3v) is 2.37. The van der Waals surface area contributed by atoms with Gasteiger partial charge in [0.25, 0.3) is 5.85 Å². The summed E-state index contributed by atoms with van der Waals surface area (Å²) in [4.78, 5) is 0. The van der Waals surface area contributed by atoms with Gasteiger partial charge in [0.15, 0.2) is 0 Å². The van der Waals surface area contributed by atoms with E-state index in [0.717, 1.165) is 0 Å². The Morgan fingerprint density at radius 3 is 1.50 bits per heavy atom. The van der Waals surface area contributed by atoms with Crippen LogP contribution in [0, 0.1) is 0 Å². The number of halogens is 10. The standard InChI is InChI=1S/C10H12F10O2/c1-6(11,12)9(17,18)10(19,20)7(2,13)22-4-3-21-5-8(14,15)16/h3-5H2,1-2H3. The predicted molar refractivity (Wildman–Crippen MR) is 52.9 cm³/mol. The van der Waals surface area contributed by atoms with Crippen molar-refractivity contribution < 1.29 is 53.4 Å². The lowest BCUT2D eigenvalue weighted by molar-refractivity contribution is -0.383. The van der Waals surface area contributed by atoms with Crippen molar-refractivity contribution in [1.29, 1.82) is 0 Å². The van der Waals surface area contributed by atoms with E-state index in [0.29, 0.717) is 0 Å². The molecule has 1 atom stereocenters. The van der Waals surface area contributed by atoms with Crippen LogP contribution in [-0.2, 0) is 9.47 Å². The molecule has 134 valence electrons. The van der Waals surface area contributed by atoms with Crippen LogP contribution >= 0.6 is 0 Å². The van der Waals surface area contributed by atoms with Gasteiger partial charge >= 0.3 is 23.9 Å². The molecule has 0 aromatic heterocycles. The number of hydrogen-bond acceptors (Lipinski definition) is 2. The summed E-state index contributed by atoms with van der Waals surface area (Å²) in [5.41, 5.74) is 0. The van der Waals surface area contributed by atoms with Crippen LogP contribution in [0.3, 0.4) is 0 Å². The first kappa shape index (κ1) is 21.2. The molecule has 0 amide bonds. The summed E-state index contributed by atoms with van der Waals surface area (Å²) < 4.78 is 133. The van der Waals surface area contributed by atoms with Crippen LogP contribution in [0.4, 0.5) is 43.9 Å². The average Bonchev–Trinajstić information content (AvgIpc) is 2.24. The smallest absolute Gasteiger partial charge is 0.370 e. The molecule has 0 fully saturated rings. The summed E-state index contributed by atoms with van der Waals surface area (Å²) >= 11 is 0. The Labute approximate surface area is 118 Å².